The zero-order valence-electron chi connectivity index (χ0n) is 13.7. The van der Waals surface area contributed by atoms with Crippen molar-refractivity contribution in [1.29, 1.82) is 0 Å². The predicted octanol–water partition coefficient (Wildman–Crippen LogP) is 3.08. The highest BCUT2D eigenvalue weighted by Crippen LogP contribution is 2.30. The lowest BCUT2D eigenvalue weighted by molar-refractivity contribution is 0.0864. The molecule has 7 heteroatoms. The van der Waals surface area contributed by atoms with Crippen LogP contribution in [0.5, 0.6) is 0 Å². The number of primary amides is 1. The van der Waals surface area contributed by atoms with Crippen LogP contribution in [0.1, 0.15) is 27.0 Å². The molecule has 0 atom stereocenters. The van der Waals surface area contributed by atoms with Gasteiger partial charge in [0.1, 0.15) is 5.82 Å². The quantitative estimate of drug-likeness (QED) is 0.709. The highest BCUT2D eigenvalue weighted by molar-refractivity contribution is 5.99. The van der Waals surface area contributed by atoms with Crippen LogP contribution >= 0.6 is 0 Å². The van der Waals surface area contributed by atoms with E-state index in [1.54, 1.807) is 19.9 Å². The van der Waals surface area contributed by atoms with Crippen molar-refractivity contribution in [2.75, 3.05) is 12.4 Å². The Morgan fingerprint density at radius 2 is 1.96 bits per heavy atom. The number of amides is 1. The molecule has 0 saturated heterocycles. The third kappa shape index (κ3) is 3.69. The predicted molar refractivity (Wildman–Crippen MR) is 87.9 cm³/mol. The summed E-state index contributed by atoms with van der Waals surface area (Å²) in [5.74, 6) is -2.03. The van der Waals surface area contributed by atoms with E-state index < -0.39 is 17.5 Å². The van der Waals surface area contributed by atoms with Crippen LogP contribution in [0.3, 0.4) is 0 Å². The summed E-state index contributed by atoms with van der Waals surface area (Å²) >= 11 is 0. The monoisotopic (exact) mass is 335 g/mol. The zero-order valence-corrected chi connectivity index (χ0v) is 13.7. The first-order valence-corrected chi connectivity index (χ1v) is 7.26. The van der Waals surface area contributed by atoms with Gasteiger partial charge >= 0.3 is 0 Å². The Labute approximate surface area is 138 Å². The Balaban J connectivity index is 2.52. The Hall–Kier alpha value is -2.51. The molecule has 0 saturated carbocycles. The van der Waals surface area contributed by atoms with Crippen LogP contribution in [0, 0.1) is 25.5 Å². The van der Waals surface area contributed by atoms with Crippen molar-refractivity contribution in [1.82, 2.24) is 5.48 Å². The summed E-state index contributed by atoms with van der Waals surface area (Å²) in [4.78, 5) is 16.5. The van der Waals surface area contributed by atoms with Crippen molar-refractivity contribution in [3.63, 3.8) is 0 Å². The third-order valence-electron chi connectivity index (χ3n) is 3.67. The molecule has 0 spiro atoms. The third-order valence-corrected chi connectivity index (χ3v) is 3.67. The fourth-order valence-electron chi connectivity index (χ4n) is 2.31. The average Bonchev–Trinajstić information content (AvgIpc) is 2.53. The number of halogens is 2. The van der Waals surface area contributed by atoms with Gasteiger partial charge in [-0.1, -0.05) is 6.07 Å². The standard InChI is InChI=1S/C17H19F2N3O2/c1-9-4-5-14(13(18)6-9)22-16-12(17(20)23)7-11(8-21-24-3)10(2)15(16)19/h4-7,21-22H,8H2,1-3H3,(H2,20,23). The number of carbonyl (C=O) groups is 1. The number of anilines is 2. The molecule has 0 radical (unpaired) electrons. The van der Waals surface area contributed by atoms with Crippen molar-refractivity contribution in [2.45, 2.75) is 20.4 Å². The number of benzene rings is 2. The van der Waals surface area contributed by atoms with Crippen molar-refractivity contribution in [3.8, 4) is 0 Å². The maximum atomic E-state index is 14.7. The van der Waals surface area contributed by atoms with Crippen LogP contribution in [0.2, 0.25) is 0 Å². The lowest BCUT2D eigenvalue weighted by Gasteiger charge is -2.17. The lowest BCUT2D eigenvalue weighted by Crippen LogP contribution is -2.18. The molecule has 0 aliphatic heterocycles. The second-order valence-corrected chi connectivity index (χ2v) is 5.40. The first kappa shape index (κ1) is 17.8. The summed E-state index contributed by atoms with van der Waals surface area (Å²) in [7, 11) is 1.43. The van der Waals surface area contributed by atoms with Crippen LogP contribution in [-0.4, -0.2) is 13.0 Å². The molecule has 0 heterocycles. The normalized spacial score (nSPS) is 10.7. The van der Waals surface area contributed by atoms with Crippen LogP contribution in [0.4, 0.5) is 20.2 Å². The minimum Gasteiger partial charge on any atom is -0.366 e. The number of hydrogen-bond donors (Lipinski definition) is 3. The zero-order chi connectivity index (χ0) is 17.9. The Morgan fingerprint density at radius 1 is 1.25 bits per heavy atom. The highest BCUT2D eigenvalue weighted by atomic mass is 19.1. The molecule has 0 aromatic heterocycles. The Bertz CT molecular complexity index is 779. The highest BCUT2D eigenvalue weighted by Gasteiger charge is 2.20. The van der Waals surface area contributed by atoms with E-state index in [0.717, 1.165) is 5.56 Å². The topological polar surface area (TPSA) is 76.4 Å². The van der Waals surface area contributed by atoms with Gasteiger partial charge in [-0.25, -0.2) is 8.78 Å². The lowest BCUT2D eigenvalue weighted by atomic mass is 10.0. The van der Waals surface area contributed by atoms with Gasteiger partial charge in [0.2, 0.25) is 0 Å². The molecule has 4 N–H and O–H groups in total. The van der Waals surface area contributed by atoms with Crippen LogP contribution in [0.25, 0.3) is 0 Å². The molecule has 0 aliphatic carbocycles. The number of hydroxylamine groups is 1. The Kier molecular flexibility index (Phi) is 5.48. The van der Waals surface area contributed by atoms with Gasteiger partial charge in [0.25, 0.3) is 5.91 Å². The van der Waals surface area contributed by atoms with Crippen molar-refractivity contribution in [2.24, 2.45) is 5.73 Å². The number of nitrogens with two attached hydrogens (primary N) is 1. The summed E-state index contributed by atoms with van der Waals surface area (Å²) in [6.07, 6.45) is 0. The maximum Gasteiger partial charge on any atom is 0.250 e. The van der Waals surface area contributed by atoms with E-state index in [0.29, 0.717) is 11.1 Å². The molecule has 2 rings (SSSR count). The van der Waals surface area contributed by atoms with E-state index in [2.05, 4.69) is 10.8 Å². The van der Waals surface area contributed by atoms with Gasteiger partial charge in [0.05, 0.1) is 24.0 Å². The molecule has 5 nitrogen and oxygen atoms in total. The fraction of sp³-hybridized carbons (Fsp3) is 0.235. The summed E-state index contributed by atoms with van der Waals surface area (Å²) in [6, 6.07) is 5.93. The molecule has 0 unspecified atom stereocenters. The first-order chi connectivity index (χ1) is 11.3. The maximum absolute atomic E-state index is 14.7. The fourth-order valence-corrected chi connectivity index (χ4v) is 2.31. The van der Waals surface area contributed by atoms with Gasteiger partial charge in [-0.05, 0) is 48.7 Å². The van der Waals surface area contributed by atoms with Crippen molar-refractivity contribution in [3.05, 3.63) is 58.2 Å². The number of carbonyl (C=O) groups excluding carboxylic acids is 1. The summed E-state index contributed by atoms with van der Waals surface area (Å²) in [6.45, 7) is 3.49. The summed E-state index contributed by atoms with van der Waals surface area (Å²) < 4.78 is 28.8. The minimum absolute atomic E-state index is 0.0594. The van der Waals surface area contributed by atoms with Crippen LogP contribution in [0.15, 0.2) is 24.3 Å². The average molecular weight is 335 g/mol. The molecule has 2 aromatic carbocycles. The molecule has 0 bridgehead atoms. The molecule has 0 fully saturated rings. The molecule has 0 aliphatic rings. The molecule has 1 amide bonds. The number of hydrogen-bond acceptors (Lipinski definition) is 4. The Morgan fingerprint density at radius 3 is 2.54 bits per heavy atom. The largest absolute Gasteiger partial charge is 0.366 e. The van der Waals surface area contributed by atoms with E-state index in [9.17, 15) is 13.6 Å². The number of rotatable bonds is 6. The molecular formula is C17H19F2N3O2. The van der Waals surface area contributed by atoms with E-state index in [4.69, 9.17) is 10.6 Å². The minimum atomic E-state index is -0.817. The van der Waals surface area contributed by atoms with Gasteiger partial charge in [0.15, 0.2) is 5.82 Å². The summed E-state index contributed by atoms with van der Waals surface area (Å²) in [5, 5.41) is 2.64. The van der Waals surface area contributed by atoms with Crippen LogP contribution < -0.4 is 16.5 Å². The van der Waals surface area contributed by atoms with E-state index in [1.165, 1.54) is 25.3 Å². The summed E-state index contributed by atoms with van der Waals surface area (Å²) in [5.41, 5.74) is 9.33. The van der Waals surface area contributed by atoms with Gasteiger partial charge in [0, 0.05) is 6.54 Å². The molecule has 2 aromatic rings. The first-order valence-electron chi connectivity index (χ1n) is 7.26. The van der Waals surface area contributed by atoms with E-state index in [1.807, 2.05) is 0 Å². The van der Waals surface area contributed by atoms with Crippen LogP contribution in [-0.2, 0) is 11.4 Å². The van der Waals surface area contributed by atoms with Gasteiger partial charge < -0.3 is 15.9 Å². The van der Waals surface area contributed by atoms with E-state index in [-0.39, 0.29) is 23.5 Å². The molecule has 128 valence electrons. The van der Waals surface area contributed by atoms with Gasteiger partial charge in [-0.2, -0.15) is 5.48 Å². The SMILES string of the molecule is CONCc1cc(C(N)=O)c(Nc2ccc(C)cc2F)c(F)c1C. The number of nitrogens with one attached hydrogen (secondary N) is 2. The second kappa shape index (κ2) is 7.37. The van der Waals surface area contributed by atoms with Gasteiger partial charge in [-0.3, -0.25) is 4.79 Å². The number of aryl methyl sites for hydroxylation is 1. The van der Waals surface area contributed by atoms with Crippen molar-refractivity contribution < 1.29 is 18.4 Å². The van der Waals surface area contributed by atoms with Gasteiger partial charge in [-0.15, -0.1) is 0 Å². The van der Waals surface area contributed by atoms with Crippen molar-refractivity contribution >= 4 is 17.3 Å². The van der Waals surface area contributed by atoms with E-state index >= 15 is 0 Å². The molecular weight excluding hydrogens is 316 g/mol. The molecule has 24 heavy (non-hydrogen) atoms. The smallest absolute Gasteiger partial charge is 0.250 e. The second-order valence-electron chi connectivity index (χ2n) is 5.40.